The smallest absolute Gasteiger partial charge is 0.163 e. The highest BCUT2D eigenvalue weighted by molar-refractivity contribution is 4.80. The van der Waals surface area contributed by atoms with E-state index < -0.39 is 24.1 Å². The molecule has 1 saturated heterocycles. The van der Waals surface area contributed by atoms with Crippen molar-refractivity contribution in [2.75, 3.05) is 6.61 Å². The maximum absolute atomic E-state index is 9.40. The SMILES string of the molecule is C[C@H](O)[C@@H](O)[C@H]1COC(C)(C)O1. The van der Waals surface area contributed by atoms with Crippen LogP contribution in [0, 0.1) is 0 Å². The fourth-order valence-corrected chi connectivity index (χ4v) is 1.19. The number of hydrogen-bond donors (Lipinski definition) is 2. The molecule has 0 radical (unpaired) electrons. The summed E-state index contributed by atoms with van der Waals surface area (Å²) in [5.41, 5.74) is 0. The minimum atomic E-state index is -0.869. The molecule has 1 heterocycles. The lowest BCUT2D eigenvalue weighted by Crippen LogP contribution is -2.38. The Morgan fingerprint density at radius 2 is 2.00 bits per heavy atom. The third-order valence-corrected chi connectivity index (χ3v) is 1.91. The molecule has 3 atom stereocenters. The van der Waals surface area contributed by atoms with Crippen LogP contribution in [0.5, 0.6) is 0 Å². The van der Waals surface area contributed by atoms with Crippen molar-refractivity contribution in [3.63, 3.8) is 0 Å². The van der Waals surface area contributed by atoms with Crippen LogP contribution in [0.1, 0.15) is 20.8 Å². The van der Waals surface area contributed by atoms with Crippen molar-refractivity contribution in [1.29, 1.82) is 0 Å². The highest BCUT2D eigenvalue weighted by Crippen LogP contribution is 2.24. The van der Waals surface area contributed by atoms with Crippen LogP contribution in [-0.2, 0) is 9.47 Å². The van der Waals surface area contributed by atoms with E-state index in [0.717, 1.165) is 0 Å². The van der Waals surface area contributed by atoms with E-state index in [1.54, 1.807) is 13.8 Å². The second-order valence-corrected chi connectivity index (χ2v) is 3.60. The zero-order valence-electron chi connectivity index (χ0n) is 7.65. The Morgan fingerprint density at radius 1 is 1.42 bits per heavy atom. The van der Waals surface area contributed by atoms with Gasteiger partial charge in [0.25, 0.3) is 0 Å². The van der Waals surface area contributed by atoms with Gasteiger partial charge in [-0.05, 0) is 20.8 Å². The van der Waals surface area contributed by atoms with Crippen LogP contribution < -0.4 is 0 Å². The molecule has 0 unspecified atom stereocenters. The van der Waals surface area contributed by atoms with Crippen LogP contribution in [0.4, 0.5) is 0 Å². The van der Waals surface area contributed by atoms with E-state index in [1.807, 2.05) is 0 Å². The summed E-state index contributed by atoms with van der Waals surface area (Å²) in [7, 11) is 0. The molecule has 2 N–H and O–H groups in total. The Labute approximate surface area is 72.1 Å². The van der Waals surface area contributed by atoms with E-state index in [2.05, 4.69) is 0 Å². The van der Waals surface area contributed by atoms with E-state index in [-0.39, 0.29) is 0 Å². The molecule has 0 aliphatic carbocycles. The maximum Gasteiger partial charge on any atom is 0.163 e. The Hall–Kier alpha value is -0.160. The lowest BCUT2D eigenvalue weighted by molar-refractivity contribution is -0.159. The predicted molar refractivity (Wildman–Crippen MR) is 42.6 cm³/mol. The second kappa shape index (κ2) is 3.30. The molecular weight excluding hydrogens is 160 g/mol. The first kappa shape index (κ1) is 9.92. The van der Waals surface area contributed by atoms with Gasteiger partial charge in [-0.25, -0.2) is 0 Å². The number of hydrogen-bond acceptors (Lipinski definition) is 4. The fourth-order valence-electron chi connectivity index (χ4n) is 1.19. The van der Waals surface area contributed by atoms with Crippen LogP contribution in [0.3, 0.4) is 0 Å². The zero-order valence-corrected chi connectivity index (χ0v) is 7.65. The van der Waals surface area contributed by atoms with Gasteiger partial charge < -0.3 is 19.7 Å². The number of rotatable bonds is 2. The molecule has 0 amide bonds. The fraction of sp³-hybridized carbons (Fsp3) is 1.00. The number of ether oxygens (including phenoxy) is 2. The molecule has 12 heavy (non-hydrogen) atoms. The zero-order chi connectivity index (χ0) is 9.35. The molecule has 4 heteroatoms. The largest absolute Gasteiger partial charge is 0.391 e. The summed E-state index contributed by atoms with van der Waals surface area (Å²) in [4.78, 5) is 0. The third-order valence-electron chi connectivity index (χ3n) is 1.91. The van der Waals surface area contributed by atoms with Gasteiger partial charge in [-0.2, -0.15) is 0 Å². The molecule has 1 aliphatic rings. The standard InChI is InChI=1S/C8H16O4/c1-5(9)7(10)6-4-11-8(2,3)12-6/h5-7,9-10H,4H2,1-3H3/t5-,6+,7+/m0/s1. The van der Waals surface area contributed by atoms with E-state index in [9.17, 15) is 5.11 Å². The van der Waals surface area contributed by atoms with Gasteiger partial charge in [0.2, 0.25) is 0 Å². The van der Waals surface area contributed by atoms with Gasteiger partial charge in [0.1, 0.15) is 12.2 Å². The Balaban J connectivity index is 2.47. The van der Waals surface area contributed by atoms with Crippen molar-refractivity contribution < 1.29 is 19.7 Å². The quantitative estimate of drug-likeness (QED) is 0.616. The van der Waals surface area contributed by atoms with Crippen molar-refractivity contribution >= 4 is 0 Å². The molecule has 1 aliphatic heterocycles. The van der Waals surface area contributed by atoms with Crippen LogP contribution in [0.15, 0.2) is 0 Å². The molecule has 4 nitrogen and oxygen atoms in total. The summed E-state index contributed by atoms with van der Waals surface area (Å²) >= 11 is 0. The second-order valence-electron chi connectivity index (χ2n) is 3.60. The van der Waals surface area contributed by atoms with Crippen molar-refractivity contribution in [3.05, 3.63) is 0 Å². The molecule has 0 saturated carbocycles. The van der Waals surface area contributed by atoms with Crippen molar-refractivity contribution in [3.8, 4) is 0 Å². The predicted octanol–water partition coefficient (Wildman–Crippen LogP) is -0.120. The topological polar surface area (TPSA) is 58.9 Å². The summed E-state index contributed by atoms with van der Waals surface area (Å²) in [5.74, 6) is -0.638. The lowest BCUT2D eigenvalue weighted by Gasteiger charge is -2.21. The molecule has 0 bridgehead atoms. The van der Waals surface area contributed by atoms with Gasteiger partial charge in [-0.1, -0.05) is 0 Å². The normalized spacial score (nSPS) is 33.2. The number of aliphatic hydroxyl groups is 2. The van der Waals surface area contributed by atoms with Gasteiger partial charge in [0, 0.05) is 0 Å². The van der Waals surface area contributed by atoms with Gasteiger partial charge in [-0.3, -0.25) is 0 Å². The van der Waals surface area contributed by atoms with Crippen molar-refractivity contribution in [1.82, 2.24) is 0 Å². The summed E-state index contributed by atoms with van der Waals surface area (Å²) < 4.78 is 10.6. The molecule has 0 aromatic carbocycles. The summed E-state index contributed by atoms with van der Waals surface area (Å²) in [6, 6.07) is 0. The average Bonchev–Trinajstić information content (AvgIpc) is 2.28. The molecule has 0 spiro atoms. The summed E-state index contributed by atoms with van der Waals surface area (Å²) in [5, 5.41) is 18.5. The van der Waals surface area contributed by atoms with Crippen molar-refractivity contribution in [2.24, 2.45) is 0 Å². The third kappa shape index (κ3) is 2.17. The molecule has 1 rings (SSSR count). The molecule has 0 aromatic rings. The van der Waals surface area contributed by atoms with Crippen LogP contribution in [0.25, 0.3) is 0 Å². The summed E-state index contributed by atoms with van der Waals surface area (Å²) in [6.07, 6.45) is -2.07. The van der Waals surface area contributed by atoms with Crippen molar-refractivity contribution in [2.45, 2.75) is 44.9 Å². The van der Waals surface area contributed by atoms with Gasteiger partial charge in [0.15, 0.2) is 5.79 Å². The van der Waals surface area contributed by atoms with Crippen LogP contribution in [0.2, 0.25) is 0 Å². The Morgan fingerprint density at radius 3 is 2.33 bits per heavy atom. The Kier molecular flexibility index (Phi) is 2.73. The average molecular weight is 176 g/mol. The summed E-state index contributed by atoms with van der Waals surface area (Å²) in [6.45, 7) is 5.42. The van der Waals surface area contributed by atoms with Gasteiger partial charge in [0.05, 0.1) is 12.7 Å². The lowest BCUT2D eigenvalue weighted by atomic mass is 10.1. The first-order chi connectivity index (χ1) is 5.42. The molecule has 72 valence electrons. The van der Waals surface area contributed by atoms with E-state index in [1.165, 1.54) is 6.92 Å². The highest BCUT2D eigenvalue weighted by atomic mass is 16.7. The van der Waals surface area contributed by atoms with Gasteiger partial charge >= 0.3 is 0 Å². The van der Waals surface area contributed by atoms with Crippen LogP contribution in [-0.4, -0.2) is 40.9 Å². The van der Waals surface area contributed by atoms with E-state index in [0.29, 0.717) is 6.61 Å². The molecule has 1 fully saturated rings. The van der Waals surface area contributed by atoms with Crippen LogP contribution >= 0.6 is 0 Å². The minimum absolute atomic E-state index is 0.332. The first-order valence-electron chi connectivity index (χ1n) is 4.10. The number of aliphatic hydroxyl groups excluding tert-OH is 2. The monoisotopic (exact) mass is 176 g/mol. The van der Waals surface area contributed by atoms with E-state index in [4.69, 9.17) is 14.6 Å². The Bertz CT molecular complexity index is 155. The first-order valence-corrected chi connectivity index (χ1v) is 4.10. The highest BCUT2D eigenvalue weighted by Gasteiger charge is 2.38. The maximum atomic E-state index is 9.40. The van der Waals surface area contributed by atoms with Gasteiger partial charge in [-0.15, -0.1) is 0 Å². The van der Waals surface area contributed by atoms with E-state index >= 15 is 0 Å². The minimum Gasteiger partial charge on any atom is -0.391 e. The molecule has 0 aromatic heterocycles. The molecular formula is C8H16O4.